The molecule has 21 heavy (non-hydrogen) atoms. The van der Waals surface area contributed by atoms with E-state index in [-0.39, 0.29) is 0 Å². The first kappa shape index (κ1) is 14.5. The molecule has 1 saturated heterocycles. The van der Waals surface area contributed by atoms with Crippen LogP contribution in [0.25, 0.3) is 10.8 Å². The summed E-state index contributed by atoms with van der Waals surface area (Å²) in [5.74, 6) is 0. The van der Waals surface area contributed by atoms with Crippen molar-refractivity contribution in [3.8, 4) is 0 Å². The van der Waals surface area contributed by atoms with Crippen molar-refractivity contribution in [2.45, 2.75) is 24.3 Å². The second-order valence-electron chi connectivity index (χ2n) is 6.08. The first-order valence-corrected chi connectivity index (χ1v) is 8.58. The molecule has 0 atom stereocenters. The van der Waals surface area contributed by atoms with E-state index < -0.39 is 15.6 Å². The average molecular weight is 304 g/mol. The summed E-state index contributed by atoms with van der Waals surface area (Å²) in [6, 6.07) is 13.1. The molecule has 2 aromatic carbocycles. The van der Waals surface area contributed by atoms with Gasteiger partial charge in [-0.05, 0) is 36.8 Å². The summed E-state index contributed by atoms with van der Waals surface area (Å²) in [5, 5.41) is 5.25. The minimum Gasteiger partial charge on any atom is -0.314 e. The maximum atomic E-state index is 12.9. The van der Waals surface area contributed by atoms with Crippen LogP contribution < -0.4 is 5.32 Å². The van der Waals surface area contributed by atoms with Crippen molar-refractivity contribution in [3.05, 3.63) is 42.5 Å². The van der Waals surface area contributed by atoms with Gasteiger partial charge in [0.05, 0.1) is 4.90 Å². The lowest BCUT2D eigenvalue weighted by atomic mass is 10.0. The zero-order valence-electron chi connectivity index (χ0n) is 12.3. The maximum Gasteiger partial charge on any atom is 0.243 e. The third kappa shape index (κ3) is 2.57. The standard InChI is InChI=1S/C16H20N2O2S/c1-16(2)12-17-9-10-18(16)21(19,20)15-8-7-13-5-3-4-6-14(13)11-15/h3-8,11,17H,9-10,12H2,1-2H3. The van der Waals surface area contributed by atoms with Crippen LogP contribution in [0.4, 0.5) is 0 Å². The topological polar surface area (TPSA) is 49.4 Å². The van der Waals surface area contributed by atoms with E-state index in [0.29, 0.717) is 24.5 Å². The number of rotatable bonds is 2. The number of hydrogen-bond donors (Lipinski definition) is 1. The molecule has 5 heteroatoms. The minimum atomic E-state index is -3.47. The lowest BCUT2D eigenvalue weighted by Gasteiger charge is -2.41. The van der Waals surface area contributed by atoms with Crippen molar-refractivity contribution < 1.29 is 8.42 Å². The number of nitrogens with one attached hydrogen (secondary N) is 1. The van der Waals surface area contributed by atoms with Crippen LogP contribution in [-0.2, 0) is 10.0 Å². The van der Waals surface area contributed by atoms with E-state index in [2.05, 4.69) is 5.32 Å². The summed E-state index contributed by atoms with van der Waals surface area (Å²) in [5.41, 5.74) is -0.414. The number of fused-ring (bicyclic) bond motifs is 1. The molecule has 0 bridgehead atoms. The summed E-state index contributed by atoms with van der Waals surface area (Å²) in [6.45, 7) is 5.77. The molecule has 1 fully saturated rings. The lowest BCUT2D eigenvalue weighted by molar-refractivity contribution is 0.186. The molecule has 0 aromatic heterocycles. The van der Waals surface area contributed by atoms with Crippen LogP contribution in [0.1, 0.15) is 13.8 Å². The normalized spacial score (nSPS) is 19.7. The minimum absolute atomic E-state index is 0.371. The molecule has 0 amide bonds. The Morgan fingerprint density at radius 1 is 1.10 bits per heavy atom. The van der Waals surface area contributed by atoms with E-state index in [1.54, 1.807) is 16.4 Å². The highest BCUT2D eigenvalue weighted by atomic mass is 32.2. The molecule has 112 valence electrons. The van der Waals surface area contributed by atoms with E-state index in [0.717, 1.165) is 10.8 Å². The fourth-order valence-corrected chi connectivity index (χ4v) is 4.68. The quantitative estimate of drug-likeness (QED) is 0.925. The molecule has 0 unspecified atom stereocenters. The van der Waals surface area contributed by atoms with Crippen LogP contribution >= 0.6 is 0 Å². The predicted octanol–water partition coefficient (Wildman–Crippen LogP) is 2.21. The molecule has 0 radical (unpaired) electrons. The van der Waals surface area contributed by atoms with E-state index in [4.69, 9.17) is 0 Å². The van der Waals surface area contributed by atoms with Crippen LogP contribution in [-0.4, -0.2) is 37.9 Å². The number of hydrogen-bond acceptors (Lipinski definition) is 3. The Morgan fingerprint density at radius 3 is 2.52 bits per heavy atom. The molecule has 0 aliphatic carbocycles. The molecule has 2 aromatic rings. The highest BCUT2D eigenvalue weighted by Crippen LogP contribution is 2.27. The largest absolute Gasteiger partial charge is 0.314 e. The number of benzene rings is 2. The van der Waals surface area contributed by atoms with Gasteiger partial charge in [0.2, 0.25) is 10.0 Å². The van der Waals surface area contributed by atoms with Gasteiger partial charge in [0.25, 0.3) is 0 Å². The summed E-state index contributed by atoms with van der Waals surface area (Å²) in [7, 11) is -3.47. The molecule has 1 aliphatic rings. The molecule has 1 heterocycles. The van der Waals surface area contributed by atoms with Crippen molar-refractivity contribution in [1.82, 2.24) is 9.62 Å². The Bertz CT molecular complexity index is 769. The van der Waals surface area contributed by atoms with Gasteiger partial charge in [0.15, 0.2) is 0 Å². The maximum absolute atomic E-state index is 12.9. The van der Waals surface area contributed by atoms with E-state index in [1.807, 2.05) is 44.2 Å². The highest BCUT2D eigenvalue weighted by Gasteiger charge is 2.38. The zero-order chi connectivity index (χ0) is 15.1. The van der Waals surface area contributed by atoms with Gasteiger partial charge in [-0.25, -0.2) is 8.42 Å². The Morgan fingerprint density at radius 2 is 1.81 bits per heavy atom. The number of sulfonamides is 1. The Kier molecular flexibility index (Phi) is 3.51. The van der Waals surface area contributed by atoms with Crippen molar-refractivity contribution >= 4 is 20.8 Å². The van der Waals surface area contributed by atoms with Gasteiger partial charge in [-0.1, -0.05) is 30.3 Å². The summed E-state index contributed by atoms with van der Waals surface area (Å²) in [6.07, 6.45) is 0. The van der Waals surface area contributed by atoms with Crippen LogP contribution in [0.15, 0.2) is 47.4 Å². The summed E-state index contributed by atoms with van der Waals surface area (Å²) < 4.78 is 27.5. The molecule has 4 nitrogen and oxygen atoms in total. The highest BCUT2D eigenvalue weighted by molar-refractivity contribution is 7.89. The van der Waals surface area contributed by atoms with Crippen molar-refractivity contribution in [3.63, 3.8) is 0 Å². The fourth-order valence-electron chi connectivity index (χ4n) is 2.87. The lowest BCUT2D eigenvalue weighted by Crippen LogP contribution is -2.59. The zero-order valence-corrected chi connectivity index (χ0v) is 13.2. The monoisotopic (exact) mass is 304 g/mol. The van der Waals surface area contributed by atoms with E-state index >= 15 is 0 Å². The van der Waals surface area contributed by atoms with Crippen molar-refractivity contribution in [1.29, 1.82) is 0 Å². The molecule has 1 aliphatic heterocycles. The molecule has 3 rings (SSSR count). The molecular weight excluding hydrogens is 284 g/mol. The molecule has 0 spiro atoms. The van der Waals surface area contributed by atoms with E-state index in [1.165, 1.54) is 0 Å². The predicted molar refractivity (Wildman–Crippen MR) is 84.8 cm³/mol. The van der Waals surface area contributed by atoms with Gasteiger partial charge < -0.3 is 5.32 Å². The second kappa shape index (κ2) is 5.09. The molecular formula is C16H20N2O2S. The SMILES string of the molecule is CC1(C)CNCCN1S(=O)(=O)c1ccc2ccccc2c1. The first-order chi connectivity index (χ1) is 9.91. The molecule has 1 N–H and O–H groups in total. The Hall–Kier alpha value is -1.43. The van der Waals surface area contributed by atoms with Crippen molar-refractivity contribution in [2.24, 2.45) is 0 Å². The number of piperazine rings is 1. The summed E-state index contributed by atoms with van der Waals surface area (Å²) in [4.78, 5) is 0.371. The summed E-state index contributed by atoms with van der Waals surface area (Å²) >= 11 is 0. The van der Waals surface area contributed by atoms with Crippen LogP contribution in [0, 0.1) is 0 Å². The van der Waals surface area contributed by atoms with Gasteiger partial charge >= 0.3 is 0 Å². The van der Waals surface area contributed by atoms with E-state index in [9.17, 15) is 8.42 Å². The Balaban J connectivity index is 2.07. The van der Waals surface area contributed by atoms with Crippen LogP contribution in [0.3, 0.4) is 0 Å². The van der Waals surface area contributed by atoms with Crippen LogP contribution in [0.5, 0.6) is 0 Å². The third-order valence-corrected chi connectivity index (χ3v) is 6.14. The molecule has 0 saturated carbocycles. The fraction of sp³-hybridized carbons (Fsp3) is 0.375. The smallest absolute Gasteiger partial charge is 0.243 e. The third-order valence-electron chi connectivity index (χ3n) is 4.03. The average Bonchev–Trinajstić information content (AvgIpc) is 2.46. The van der Waals surface area contributed by atoms with Crippen LogP contribution in [0.2, 0.25) is 0 Å². The van der Waals surface area contributed by atoms with Gasteiger partial charge in [0, 0.05) is 25.2 Å². The first-order valence-electron chi connectivity index (χ1n) is 7.14. The number of nitrogens with zero attached hydrogens (tertiary/aromatic N) is 1. The van der Waals surface area contributed by atoms with Gasteiger partial charge in [-0.15, -0.1) is 0 Å². The van der Waals surface area contributed by atoms with Gasteiger partial charge in [0.1, 0.15) is 0 Å². The Labute approximate surface area is 125 Å². The van der Waals surface area contributed by atoms with Gasteiger partial charge in [-0.3, -0.25) is 0 Å². The van der Waals surface area contributed by atoms with Gasteiger partial charge in [-0.2, -0.15) is 4.31 Å². The van der Waals surface area contributed by atoms with Crippen molar-refractivity contribution in [2.75, 3.05) is 19.6 Å². The second-order valence-corrected chi connectivity index (χ2v) is 7.94.